The van der Waals surface area contributed by atoms with E-state index in [2.05, 4.69) is 30.1 Å². The number of carbonyl (C=O) groups is 2. The highest BCUT2D eigenvalue weighted by atomic mass is 16.2. The number of rotatable bonds is 8. The predicted molar refractivity (Wildman–Crippen MR) is 114 cm³/mol. The highest BCUT2D eigenvalue weighted by Gasteiger charge is 2.34. The molecular formula is C23H33N3O2. The van der Waals surface area contributed by atoms with Crippen LogP contribution in [0.5, 0.6) is 0 Å². The zero-order chi connectivity index (χ0) is 19.9. The van der Waals surface area contributed by atoms with Gasteiger partial charge < -0.3 is 15.1 Å². The Morgan fingerprint density at radius 1 is 1.18 bits per heavy atom. The van der Waals surface area contributed by atoms with Crippen LogP contribution in [-0.2, 0) is 9.59 Å². The van der Waals surface area contributed by atoms with Gasteiger partial charge in [0.05, 0.1) is 5.92 Å². The molecular weight excluding hydrogens is 350 g/mol. The molecule has 1 saturated heterocycles. The first-order valence-corrected chi connectivity index (χ1v) is 10.7. The number of amides is 2. The monoisotopic (exact) mass is 383 g/mol. The van der Waals surface area contributed by atoms with Crippen LogP contribution in [0.3, 0.4) is 0 Å². The van der Waals surface area contributed by atoms with Crippen molar-refractivity contribution in [1.82, 2.24) is 4.90 Å². The number of hydrogen-bond donors (Lipinski definition) is 1. The quantitative estimate of drug-likeness (QED) is 0.684. The molecule has 152 valence electrons. The van der Waals surface area contributed by atoms with Crippen LogP contribution in [0.15, 0.2) is 35.9 Å². The number of hydrogen-bond acceptors (Lipinski definition) is 3. The van der Waals surface area contributed by atoms with E-state index in [0.717, 1.165) is 43.9 Å². The molecule has 1 atom stereocenters. The fourth-order valence-electron chi connectivity index (χ4n) is 4.16. The third-order valence-electron chi connectivity index (χ3n) is 5.94. The summed E-state index contributed by atoms with van der Waals surface area (Å²) >= 11 is 0. The molecule has 0 bridgehead atoms. The Balaban J connectivity index is 1.50. The standard InChI is InChI=1S/C23H33N3O2/c1-3-25(4-2)21-12-10-20(11-13-21)24-23(28)19-16-22(27)26(17-19)15-14-18-8-6-5-7-9-18/h8,10-13,19H,3-7,9,14-17H2,1-2H3,(H,24,28). The van der Waals surface area contributed by atoms with Crippen LogP contribution in [-0.4, -0.2) is 42.9 Å². The summed E-state index contributed by atoms with van der Waals surface area (Å²) in [7, 11) is 0. The number of nitrogens with one attached hydrogen (secondary N) is 1. The Bertz CT molecular complexity index is 707. The highest BCUT2D eigenvalue weighted by molar-refractivity contribution is 5.97. The Morgan fingerprint density at radius 2 is 1.93 bits per heavy atom. The van der Waals surface area contributed by atoms with Gasteiger partial charge in [0.1, 0.15) is 0 Å². The summed E-state index contributed by atoms with van der Waals surface area (Å²) in [5.74, 6) is -0.202. The largest absolute Gasteiger partial charge is 0.372 e. The normalized spacial score (nSPS) is 19.5. The second-order valence-corrected chi connectivity index (χ2v) is 7.81. The molecule has 0 saturated carbocycles. The molecule has 1 aromatic carbocycles. The number of benzene rings is 1. The smallest absolute Gasteiger partial charge is 0.229 e. The van der Waals surface area contributed by atoms with Crippen molar-refractivity contribution in [3.05, 3.63) is 35.9 Å². The molecule has 1 aliphatic heterocycles. The number of nitrogens with zero attached hydrogens (tertiary/aromatic N) is 2. The van der Waals surface area contributed by atoms with E-state index in [-0.39, 0.29) is 17.7 Å². The fraction of sp³-hybridized carbons (Fsp3) is 0.565. The lowest BCUT2D eigenvalue weighted by atomic mass is 9.97. The zero-order valence-corrected chi connectivity index (χ0v) is 17.2. The Kier molecular flexibility index (Phi) is 7.12. The molecule has 2 aliphatic rings. The molecule has 1 N–H and O–H groups in total. The number of carbonyl (C=O) groups excluding carboxylic acids is 2. The van der Waals surface area contributed by atoms with Crippen LogP contribution in [0.2, 0.25) is 0 Å². The van der Waals surface area contributed by atoms with Gasteiger partial charge in [0.15, 0.2) is 0 Å². The molecule has 1 unspecified atom stereocenters. The minimum Gasteiger partial charge on any atom is -0.372 e. The van der Waals surface area contributed by atoms with E-state index < -0.39 is 0 Å². The lowest BCUT2D eigenvalue weighted by molar-refractivity contribution is -0.128. The maximum atomic E-state index is 12.6. The van der Waals surface area contributed by atoms with Crippen LogP contribution < -0.4 is 10.2 Å². The summed E-state index contributed by atoms with van der Waals surface area (Å²) in [6.45, 7) is 7.46. The van der Waals surface area contributed by atoms with Crippen molar-refractivity contribution < 1.29 is 9.59 Å². The molecule has 5 heteroatoms. The van der Waals surface area contributed by atoms with Gasteiger partial charge >= 0.3 is 0 Å². The molecule has 0 radical (unpaired) electrons. The van der Waals surface area contributed by atoms with Crippen LogP contribution in [0.25, 0.3) is 0 Å². The van der Waals surface area contributed by atoms with E-state index in [4.69, 9.17) is 0 Å². The zero-order valence-electron chi connectivity index (χ0n) is 17.2. The first-order valence-electron chi connectivity index (χ1n) is 10.7. The van der Waals surface area contributed by atoms with Crippen molar-refractivity contribution in [3.63, 3.8) is 0 Å². The van der Waals surface area contributed by atoms with Crippen LogP contribution in [0.4, 0.5) is 11.4 Å². The number of allylic oxidation sites excluding steroid dienone is 1. The molecule has 28 heavy (non-hydrogen) atoms. The first kappa shape index (κ1) is 20.4. The topological polar surface area (TPSA) is 52.7 Å². The molecule has 0 aromatic heterocycles. The van der Waals surface area contributed by atoms with Crippen molar-refractivity contribution in [1.29, 1.82) is 0 Å². The van der Waals surface area contributed by atoms with E-state index in [1.807, 2.05) is 29.2 Å². The SMILES string of the molecule is CCN(CC)c1ccc(NC(=O)C2CC(=O)N(CCC3=CCCCC3)C2)cc1. The van der Waals surface area contributed by atoms with Crippen molar-refractivity contribution in [2.45, 2.75) is 52.4 Å². The molecule has 1 heterocycles. The van der Waals surface area contributed by atoms with Crippen molar-refractivity contribution >= 4 is 23.2 Å². The molecule has 1 aromatic rings. The molecule has 1 aliphatic carbocycles. The summed E-state index contributed by atoms with van der Waals surface area (Å²) in [5, 5.41) is 2.98. The fourth-order valence-corrected chi connectivity index (χ4v) is 4.16. The van der Waals surface area contributed by atoms with Gasteiger partial charge in [-0.3, -0.25) is 9.59 Å². The summed E-state index contributed by atoms with van der Waals surface area (Å²) < 4.78 is 0. The van der Waals surface area contributed by atoms with E-state index in [1.165, 1.54) is 24.8 Å². The molecule has 0 spiro atoms. The van der Waals surface area contributed by atoms with E-state index in [0.29, 0.717) is 13.0 Å². The van der Waals surface area contributed by atoms with Crippen molar-refractivity contribution in [2.24, 2.45) is 5.92 Å². The van der Waals surface area contributed by atoms with Crippen molar-refractivity contribution in [3.8, 4) is 0 Å². The maximum Gasteiger partial charge on any atom is 0.229 e. The van der Waals surface area contributed by atoms with E-state index >= 15 is 0 Å². The number of anilines is 2. The van der Waals surface area contributed by atoms with Gasteiger partial charge in [0, 0.05) is 44.0 Å². The summed E-state index contributed by atoms with van der Waals surface area (Å²) in [6, 6.07) is 7.95. The Morgan fingerprint density at radius 3 is 2.57 bits per heavy atom. The first-order chi connectivity index (χ1) is 13.6. The van der Waals surface area contributed by atoms with Gasteiger partial charge in [0.25, 0.3) is 0 Å². The minimum atomic E-state index is -0.254. The highest BCUT2D eigenvalue weighted by Crippen LogP contribution is 2.24. The predicted octanol–water partition coefficient (Wildman–Crippen LogP) is 4.21. The summed E-state index contributed by atoms with van der Waals surface area (Å²) in [6.07, 6.45) is 8.48. The number of likely N-dealkylation sites (tertiary alicyclic amines) is 1. The third-order valence-corrected chi connectivity index (χ3v) is 5.94. The minimum absolute atomic E-state index is 0.0525. The molecule has 3 rings (SSSR count). The van der Waals surface area contributed by atoms with Crippen molar-refractivity contribution in [2.75, 3.05) is 36.4 Å². The van der Waals surface area contributed by atoms with Gasteiger partial charge in [-0.25, -0.2) is 0 Å². The molecule has 1 fully saturated rings. The Labute approximate surface area is 168 Å². The molecule has 5 nitrogen and oxygen atoms in total. The van der Waals surface area contributed by atoms with Gasteiger partial charge in [-0.05, 0) is 70.2 Å². The lowest BCUT2D eigenvalue weighted by Crippen LogP contribution is -2.29. The van der Waals surface area contributed by atoms with Gasteiger partial charge in [-0.1, -0.05) is 11.6 Å². The van der Waals surface area contributed by atoms with E-state index in [1.54, 1.807) is 0 Å². The maximum absolute atomic E-state index is 12.6. The van der Waals surface area contributed by atoms with Gasteiger partial charge in [0.2, 0.25) is 11.8 Å². The average Bonchev–Trinajstić information content (AvgIpc) is 3.10. The van der Waals surface area contributed by atoms with Gasteiger partial charge in [-0.2, -0.15) is 0 Å². The van der Waals surface area contributed by atoms with Crippen LogP contribution in [0.1, 0.15) is 52.4 Å². The third kappa shape index (κ3) is 5.15. The summed E-state index contributed by atoms with van der Waals surface area (Å²) in [4.78, 5) is 29.1. The van der Waals surface area contributed by atoms with E-state index in [9.17, 15) is 9.59 Å². The lowest BCUT2D eigenvalue weighted by Gasteiger charge is -2.21. The molecule has 2 amide bonds. The van der Waals surface area contributed by atoms with Gasteiger partial charge in [-0.15, -0.1) is 0 Å². The Hall–Kier alpha value is -2.30. The average molecular weight is 384 g/mol. The second kappa shape index (κ2) is 9.76. The summed E-state index contributed by atoms with van der Waals surface area (Å²) in [5.41, 5.74) is 3.42. The van der Waals surface area contributed by atoms with Crippen LogP contribution in [0, 0.1) is 5.92 Å². The van der Waals surface area contributed by atoms with Crippen LogP contribution >= 0.6 is 0 Å². The second-order valence-electron chi connectivity index (χ2n) is 7.81.